The van der Waals surface area contributed by atoms with Gasteiger partial charge in [-0.15, -0.1) is 0 Å². The lowest BCUT2D eigenvalue weighted by atomic mass is 9.77. The maximum Gasteiger partial charge on any atom is 0.0687 e. The molecule has 2 N–H and O–H groups in total. The summed E-state index contributed by atoms with van der Waals surface area (Å²) in [6.45, 7) is -0.0826. The molecule has 1 heterocycles. The van der Waals surface area contributed by atoms with Crippen LogP contribution in [-0.2, 0) is 10.2 Å². The van der Waals surface area contributed by atoms with Crippen LogP contribution in [0.5, 0.6) is 0 Å². The second-order valence-electron chi connectivity index (χ2n) is 6.84. The first-order valence-corrected chi connectivity index (χ1v) is 8.17. The zero-order valence-electron chi connectivity index (χ0n) is 12.6. The zero-order valence-corrected chi connectivity index (χ0v) is 12.6. The lowest BCUT2D eigenvalue weighted by Crippen LogP contribution is -2.39. The average molecular weight is 290 g/mol. The molecule has 2 fully saturated rings. The smallest absolute Gasteiger partial charge is 0.0687 e. The fourth-order valence-corrected chi connectivity index (χ4v) is 4.13. The summed E-state index contributed by atoms with van der Waals surface area (Å²) < 4.78 is 6.37. The number of rotatable bonds is 5. The normalized spacial score (nSPS) is 24.8. The molecule has 116 valence electrons. The van der Waals surface area contributed by atoms with Gasteiger partial charge >= 0.3 is 0 Å². The van der Waals surface area contributed by atoms with Gasteiger partial charge in [0, 0.05) is 5.41 Å². The predicted molar refractivity (Wildman–Crippen MR) is 82.2 cm³/mol. The molecule has 3 rings (SSSR count). The summed E-state index contributed by atoms with van der Waals surface area (Å²) in [5, 5.41) is 19.9. The number of ether oxygens (including phenoxy) is 1. The van der Waals surface area contributed by atoms with Crippen LogP contribution in [0.15, 0.2) is 30.3 Å². The van der Waals surface area contributed by atoms with Gasteiger partial charge in [0.25, 0.3) is 0 Å². The Kier molecular flexibility index (Phi) is 4.34. The number of aliphatic hydroxyl groups excluding tert-OH is 2. The van der Waals surface area contributed by atoms with E-state index < -0.39 is 5.41 Å². The second kappa shape index (κ2) is 6.07. The molecule has 1 unspecified atom stereocenters. The quantitative estimate of drug-likeness (QED) is 0.876. The maximum atomic E-state index is 9.93. The molecule has 0 aromatic heterocycles. The van der Waals surface area contributed by atoms with Gasteiger partial charge < -0.3 is 14.9 Å². The summed E-state index contributed by atoms with van der Waals surface area (Å²) in [5.41, 5.74) is 0.527. The molecule has 2 aliphatic rings. The fourth-order valence-electron chi connectivity index (χ4n) is 4.13. The van der Waals surface area contributed by atoms with Gasteiger partial charge in [-0.25, -0.2) is 0 Å². The van der Waals surface area contributed by atoms with E-state index in [1.165, 1.54) is 25.7 Å². The van der Waals surface area contributed by atoms with E-state index in [0.717, 1.165) is 18.4 Å². The summed E-state index contributed by atoms with van der Waals surface area (Å²) >= 11 is 0. The van der Waals surface area contributed by atoms with Gasteiger partial charge in [-0.05, 0) is 37.7 Å². The topological polar surface area (TPSA) is 49.7 Å². The Hall–Kier alpha value is -0.900. The Bertz CT molecular complexity index is 447. The molecule has 1 aromatic rings. The van der Waals surface area contributed by atoms with Crippen LogP contribution in [0.3, 0.4) is 0 Å². The van der Waals surface area contributed by atoms with Crippen molar-refractivity contribution in [2.24, 2.45) is 0 Å². The van der Waals surface area contributed by atoms with Crippen LogP contribution < -0.4 is 0 Å². The molecule has 1 aliphatic carbocycles. The van der Waals surface area contributed by atoms with Crippen LogP contribution in [0.25, 0.3) is 0 Å². The van der Waals surface area contributed by atoms with Crippen molar-refractivity contribution in [2.75, 3.05) is 13.2 Å². The van der Waals surface area contributed by atoms with E-state index in [1.54, 1.807) is 0 Å². The van der Waals surface area contributed by atoms with Gasteiger partial charge in [-0.3, -0.25) is 0 Å². The Balaban J connectivity index is 1.74. The molecule has 0 radical (unpaired) electrons. The molecule has 0 bridgehead atoms. The Morgan fingerprint density at radius 3 is 2.33 bits per heavy atom. The highest BCUT2D eigenvalue weighted by atomic mass is 16.5. The molecule has 1 saturated heterocycles. The molecule has 1 spiro atoms. The summed E-state index contributed by atoms with van der Waals surface area (Å²) in [4.78, 5) is 0. The lowest BCUT2D eigenvalue weighted by Gasteiger charge is -2.34. The molecular weight excluding hydrogens is 264 g/mol. The van der Waals surface area contributed by atoms with Crippen molar-refractivity contribution >= 4 is 0 Å². The highest BCUT2D eigenvalue weighted by Crippen LogP contribution is 2.46. The number of hydrogen-bond acceptors (Lipinski definition) is 3. The van der Waals surface area contributed by atoms with Crippen molar-refractivity contribution in [1.29, 1.82) is 0 Å². The predicted octanol–water partition coefficient (Wildman–Crippen LogP) is 2.79. The number of benzene rings is 1. The third-order valence-corrected chi connectivity index (χ3v) is 5.46. The van der Waals surface area contributed by atoms with Gasteiger partial charge in [0.1, 0.15) is 0 Å². The number of aliphatic hydroxyl groups is 2. The van der Waals surface area contributed by atoms with Crippen molar-refractivity contribution in [3.63, 3.8) is 0 Å². The zero-order chi connectivity index (χ0) is 14.8. The van der Waals surface area contributed by atoms with Crippen molar-refractivity contribution in [3.8, 4) is 0 Å². The van der Waals surface area contributed by atoms with Crippen molar-refractivity contribution < 1.29 is 14.9 Å². The van der Waals surface area contributed by atoms with Crippen molar-refractivity contribution in [3.05, 3.63) is 35.9 Å². The fraction of sp³-hybridized carbons (Fsp3) is 0.667. The van der Waals surface area contributed by atoms with Crippen LogP contribution in [-0.4, -0.2) is 35.1 Å². The van der Waals surface area contributed by atoms with Crippen molar-refractivity contribution in [1.82, 2.24) is 0 Å². The maximum absolute atomic E-state index is 9.93. The van der Waals surface area contributed by atoms with Crippen LogP contribution >= 0.6 is 0 Å². The minimum absolute atomic E-state index is 0.0413. The summed E-state index contributed by atoms with van der Waals surface area (Å²) in [6, 6.07) is 9.87. The third-order valence-electron chi connectivity index (χ3n) is 5.46. The SMILES string of the molecule is OCC(CO)(CC1CCC2(CCCC2)O1)c1ccccc1. The van der Waals surface area contributed by atoms with Crippen molar-refractivity contribution in [2.45, 2.75) is 62.1 Å². The first-order chi connectivity index (χ1) is 10.2. The Labute approximate surface area is 127 Å². The molecule has 21 heavy (non-hydrogen) atoms. The molecule has 1 aromatic carbocycles. The van der Waals surface area contributed by atoms with E-state index in [-0.39, 0.29) is 24.9 Å². The van der Waals surface area contributed by atoms with Gasteiger partial charge in [-0.1, -0.05) is 43.2 Å². The van der Waals surface area contributed by atoms with E-state index in [1.807, 2.05) is 30.3 Å². The van der Waals surface area contributed by atoms with E-state index >= 15 is 0 Å². The summed E-state index contributed by atoms with van der Waals surface area (Å²) in [5.74, 6) is 0. The summed E-state index contributed by atoms with van der Waals surface area (Å²) in [6.07, 6.45) is 7.95. The van der Waals surface area contributed by atoms with E-state index in [9.17, 15) is 10.2 Å². The van der Waals surface area contributed by atoms with Gasteiger partial charge in [-0.2, -0.15) is 0 Å². The van der Waals surface area contributed by atoms with E-state index in [0.29, 0.717) is 6.42 Å². The highest BCUT2D eigenvalue weighted by Gasteiger charge is 2.45. The minimum Gasteiger partial charge on any atom is -0.395 e. The Morgan fingerprint density at radius 2 is 1.71 bits per heavy atom. The molecule has 1 aliphatic heterocycles. The number of hydrogen-bond donors (Lipinski definition) is 2. The first-order valence-electron chi connectivity index (χ1n) is 8.17. The molecule has 3 nitrogen and oxygen atoms in total. The van der Waals surface area contributed by atoms with E-state index in [4.69, 9.17) is 4.74 Å². The third kappa shape index (κ3) is 2.87. The molecular formula is C18H26O3. The van der Waals surface area contributed by atoms with Crippen LogP contribution in [0, 0.1) is 0 Å². The standard InChI is InChI=1S/C18H26O3/c19-13-17(14-20,15-6-2-1-3-7-15)12-16-8-11-18(21-16)9-4-5-10-18/h1-3,6-7,16,19-20H,4-5,8-14H2. The second-order valence-corrected chi connectivity index (χ2v) is 6.84. The van der Waals surface area contributed by atoms with Crippen LogP contribution in [0.2, 0.25) is 0 Å². The summed E-state index contributed by atoms with van der Waals surface area (Å²) in [7, 11) is 0. The monoisotopic (exact) mass is 290 g/mol. The average Bonchev–Trinajstić information content (AvgIpc) is 3.16. The van der Waals surface area contributed by atoms with Gasteiger partial charge in [0.05, 0.1) is 24.9 Å². The van der Waals surface area contributed by atoms with Crippen LogP contribution in [0.4, 0.5) is 0 Å². The Morgan fingerprint density at radius 1 is 1.05 bits per heavy atom. The first kappa shape index (κ1) is 15.0. The molecule has 0 amide bonds. The van der Waals surface area contributed by atoms with Gasteiger partial charge in [0.15, 0.2) is 0 Å². The highest BCUT2D eigenvalue weighted by molar-refractivity contribution is 5.26. The molecule has 1 saturated carbocycles. The van der Waals surface area contributed by atoms with E-state index in [2.05, 4.69) is 0 Å². The molecule has 3 heteroatoms. The molecule has 1 atom stereocenters. The largest absolute Gasteiger partial charge is 0.395 e. The minimum atomic E-state index is -0.587. The van der Waals surface area contributed by atoms with Crippen LogP contribution in [0.1, 0.15) is 50.5 Å². The van der Waals surface area contributed by atoms with Gasteiger partial charge in [0.2, 0.25) is 0 Å². The lowest BCUT2D eigenvalue weighted by molar-refractivity contribution is -0.0548.